The Morgan fingerprint density at radius 3 is 2.75 bits per heavy atom. The van der Waals surface area contributed by atoms with E-state index < -0.39 is 0 Å². The first kappa shape index (κ1) is 12.3. The second kappa shape index (κ2) is 6.58. The van der Waals surface area contributed by atoms with Gasteiger partial charge in [0.25, 0.3) is 0 Å². The maximum Gasteiger partial charge on any atom is 0.0613 e. The Balaban J connectivity index is 1.59. The molecular weight excluding hydrogens is 200 g/mol. The molecule has 0 spiro atoms. The molecule has 2 atom stereocenters. The van der Waals surface area contributed by atoms with Gasteiger partial charge in [0.15, 0.2) is 0 Å². The Kier molecular flexibility index (Phi) is 5.07. The van der Waals surface area contributed by atoms with Crippen molar-refractivity contribution in [1.29, 1.82) is 0 Å². The summed E-state index contributed by atoms with van der Waals surface area (Å²) < 4.78 is 5.71. The smallest absolute Gasteiger partial charge is 0.0613 e. The molecule has 94 valence electrons. The molecule has 0 aromatic carbocycles. The average Bonchev–Trinajstić information content (AvgIpc) is 2.78. The summed E-state index contributed by atoms with van der Waals surface area (Å²) in [7, 11) is 0. The predicted octanol–water partition coefficient (Wildman–Crippen LogP) is 1.39. The third-order valence-corrected chi connectivity index (χ3v) is 4.05. The van der Waals surface area contributed by atoms with Gasteiger partial charge >= 0.3 is 0 Å². The van der Waals surface area contributed by atoms with Crippen LogP contribution in [0.15, 0.2) is 0 Å². The van der Waals surface area contributed by atoms with Crippen LogP contribution in [0.5, 0.6) is 0 Å². The molecule has 2 aliphatic heterocycles. The Bertz CT molecular complexity index is 192. The van der Waals surface area contributed by atoms with Crippen molar-refractivity contribution in [2.45, 2.75) is 38.7 Å². The van der Waals surface area contributed by atoms with Gasteiger partial charge in [0, 0.05) is 13.2 Å². The van der Waals surface area contributed by atoms with Crippen molar-refractivity contribution < 1.29 is 4.74 Å². The van der Waals surface area contributed by atoms with E-state index in [9.17, 15) is 0 Å². The fourth-order valence-electron chi connectivity index (χ4n) is 2.94. The first-order valence-electron chi connectivity index (χ1n) is 6.93. The van der Waals surface area contributed by atoms with Gasteiger partial charge in [-0.2, -0.15) is 0 Å². The van der Waals surface area contributed by atoms with E-state index in [2.05, 4.69) is 17.6 Å². The van der Waals surface area contributed by atoms with Gasteiger partial charge in [-0.3, -0.25) is 0 Å². The zero-order valence-corrected chi connectivity index (χ0v) is 10.5. The molecule has 16 heavy (non-hydrogen) atoms. The van der Waals surface area contributed by atoms with Gasteiger partial charge in [-0.05, 0) is 57.2 Å². The molecular formula is C13H26N2O. The van der Waals surface area contributed by atoms with Crippen molar-refractivity contribution in [3.8, 4) is 0 Å². The number of hydrogen-bond donors (Lipinski definition) is 2. The van der Waals surface area contributed by atoms with Crippen LogP contribution >= 0.6 is 0 Å². The zero-order chi connectivity index (χ0) is 11.2. The number of rotatable bonds is 5. The lowest BCUT2D eigenvalue weighted by Gasteiger charge is -2.24. The first-order chi connectivity index (χ1) is 7.90. The molecule has 0 aromatic rings. The van der Waals surface area contributed by atoms with Crippen molar-refractivity contribution >= 4 is 0 Å². The maximum absolute atomic E-state index is 5.71. The van der Waals surface area contributed by atoms with Crippen molar-refractivity contribution in [2.75, 3.05) is 32.8 Å². The second-order valence-electron chi connectivity index (χ2n) is 5.22. The molecule has 2 unspecified atom stereocenters. The number of hydrogen-bond acceptors (Lipinski definition) is 3. The Hall–Kier alpha value is -0.120. The van der Waals surface area contributed by atoms with Crippen molar-refractivity contribution in [2.24, 2.45) is 11.8 Å². The Morgan fingerprint density at radius 2 is 2.00 bits per heavy atom. The van der Waals surface area contributed by atoms with Gasteiger partial charge in [-0.1, -0.05) is 6.92 Å². The molecule has 2 N–H and O–H groups in total. The van der Waals surface area contributed by atoms with Crippen LogP contribution in [0.25, 0.3) is 0 Å². The van der Waals surface area contributed by atoms with Crippen LogP contribution in [0.1, 0.15) is 32.6 Å². The second-order valence-corrected chi connectivity index (χ2v) is 5.22. The lowest BCUT2D eigenvalue weighted by atomic mass is 9.96. The van der Waals surface area contributed by atoms with E-state index in [1.807, 2.05) is 0 Å². The number of piperidine rings is 1. The molecule has 2 heterocycles. The molecule has 2 saturated heterocycles. The zero-order valence-electron chi connectivity index (χ0n) is 10.5. The van der Waals surface area contributed by atoms with Gasteiger partial charge in [0.2, 0.25) is 0 Å². The number of nitrogens with one attached hydrogen (secondary N) is 2. The Morgan fingerprint density at radius 1 is 1.19 bits per heavy atom. The van der Waals surface area contributed by atoms with E-state index in [-0.39, 0.29) is 0 Å². The summed E-state index contributed by atoms with van der Waals surface area (Å²) in [6.45, 7) is 7.97. The van der Waals surface area contributed by atoms with Crippen molar-refractivity contribution in [1.82, 2.24) is 10.6 Å². The van der Waals surface area contributed by atoms with Gasteiger partial charge in [-0.15, -0.1) is 0 Å². The lowest BCUT2D eigenvalue weighted by molar-refractivity contribution is 0.0869. The molecule has 0 bridgehead atoms. The van der Waals surface area contributed by atoms with Crippen LogP contribution < -0.4 is 10.6 Å². The molecule has 3 nitrogen and oxygen atoms in total. The van der Waals surface area contributed by atoms with Gasteiger partial charge in [0.05, 0.1) is 6.10 Å². The minimum absolute atomic E-state index is 0.514. The van der Waals surface area contributed by atoms with Crippen LogP contribution in [0, 0.1) is 11.8 Å². The van der Waals surface area contributed by atoms with E-state index in [1.165, 1.54) is 45.3 Å². The topological polar surface area (TPSA) is 33.3 Å². The first-order valence-corrected chi connectivity index (χ1v) is 6.93. The largest absolute Gasteiger partial charge is 0.378 e. The van der Waals surface area contributed by atoms with E-state index in [4.69, 9.17) is 4.74 Å². The lowest BCUT2D eigenvalue weighted by Crippen LogP contribution is -2.36. The average molecular weight is 226 g/mol. The van der Waals surface area contributed by atoms with Crippen molar-refractivity contribution in [3.05, 3.63) is 0 Å². The third-order valence-electron chi connectivity index (χ3n) is 4.05. The fraction of sp³-hybridized carbons (Fsp3) is 1.00. The summed E-state index contributed by atoms with van der Waals surface area (Å²) >= 11 is 0. The summed E-state index contributed by atoms with van der Waals surface area (Å²) in [6.07, 6.45) is 5.61. The van der Waals surface area contributed by atoms with E-state index in [0.29, 0.717) is 6.10 Å². The quantitative estimate of drug-likeness (QED) is 0.743. The van der Waals surface area contributed by atoms with E-state index in [1.54, 1.807) is 0 Å². The highest BCUT2D eigenvalue weighted by Crippen LogP contribution is 2.22. The Labute approximate surface area is 99.3 Å². The maximum atomic E-state index is 5.71. The molecule has 2 aliphatic rings. The normalized spacial score (nSPS) is 32.1. The monoisotopic (exact) mass is 226 g/mol. The summed E-state index contributed by atoms with van der Waals surface area (Å²) in [4.78, 5) is 0. The molecule has 0 radical (unpaired) electrons. The molecule has 2 fully saturated rings. The standard InChI is InChI=1S/C13H26N2O/c1-2-13-12(5-8-16-13)10-15-9-11-3-6-14-7-4-11/h11-15H,2-10H2,1H3. The highest BCUT2D eigenvalue weighted by atomic mass is 16.5. The summed E-state index contributed by atoms with van der Waals surface area (Å²) in [5.41, 5.74) is 0. The van der Waals surface area contributed by atoms with Gasteiger partial charge in [-0.25, -0.2) is 0 Å². The highest BCUT2D eigenvalue weighted by molar-refractivity contribution is 4.78. The molecule has 0 aliphatic carbocycles. The van der Waals surface area contributed by atoms with Crippen LogP contribution in [0.4, 0.5) is 0 Å². The summed E-state index contributed by atoms with van der Waals surface area (Å²) in [6, 6.07) is 0. The minimum Gasteiger partial charge on any atom is -0.378 e. The summed E-state index contributed by atoms with van der Waals surface area (Å²) in [5.74, 6) is 1.65. The third kappa shape index (κ3) is 3.44. The fourth-order valence-corrected chi connectivity index (χ4v) is 2.94. The summed E-state index contributed by atoms with van der Waals surface area (Å²) in [5, 5.41) is 7.07. The molecule has 2 rings (SSSR count). The van der Waals surface area contributed by atoms with Gasteiger partial charge in [0.1, 0.15) is 0 Å². The molecule has 0 aromatic heterocycles. The van der Waals surface area contributed by atoms with E-state index >= 15 is 0 Å². The SMILES string of the molecule is CCC1OCCC1CNCC1CCNCC1. The highest BCUT2D eigenvalue weighted by Gasteiger charge is 2.26. The van der Waals surface area contributed by atoms with Crippen LogP contribution in [-0.4, -0.2) is 38.9 Å². The van der Waals surface area contributed by atoms with Crippen molar-refractivity contribution in [3.63, 3.8) is 0 Å². The van der Waals surface area contributed by atoms with Crippen LogP contribution in [0.2, 0.25) is 0 Å². The number of ether oxygens (including phenoxy) is 1. The molecule has 0 amide bonds. The minimum atomic E-state index is 0.514. The van der Waals surface area contributed by atoms with Gasteiger partial charge < -0.3 is 15.4 Å². The van der Waals surface area contributed by atoms with Crippen LogP contribution in [0.3, 0.4) is 0 Å². The van der Waals surface area contributed by atoms with E-state index in [0.717, 1.165) is 25.0 Å². The molecule has 0 saturated carbocycles. The predicted molar refractivity (Wildman–Crippen MR) is 66.6 cm³/mol. The molecule has 3 heteroatoms. The van der Waals surface area contributed by atoms with Crippen LogP contribution in [-0.2, 0) is 4.74 Å².